The van der Waals surface area contributed by atoms with E-state index in [4.69, 9.17) is 0 Å². The van der Waals surface area contributed by atoms with Crippen molar-refractivity contribution in [1.82, 2.24) is 25.4 Å². The van der Waals surface area contributed by atoms with Crippen LogP contribution in [0.5, 0.6) is 0 Å². The molecule has 0 unspecified atom stereocenters. The molecule has 0 aliphatic heterocycles. The van der Waals surface area contributed by atoms with E-state index in [-0.39, 0.29) is 30.0 Å². The summed E-state index contributed by atoms with van der Waals surface area (Å²) in [5.41, 5.74) is 3.25. The van der Waals surface area contributed by atoms with Crippen LogP contribution in [0.2, 0.25) is 0 Å². The molecule has 0 atom stereocenters. The molecule has 0 bridgehead atoms. The van der Waals surface area contributed by atoms with Crippen molar-refractivity contribution >= 4 is 17.6 Å². The molecule has 166 valence electrons. The molecule has 2 aromatic carbocycles. The van der Waals surface area contributed by atoms with Gasteiger partial charge in [0.15, 0.2) is 5.69 Å². The van der Waals surface area contributed by atoms with Gasteiger partial charge >= 0.3 is 6.03 Å². The minimum atomic E-state index is -0.343. The van der Waals surface area contributed by atoms with Crippen LogP contribution in [0.25, 0.3) is 5.69 Å². The highest BCUT2D eigenvalue weighted by atomic mass is 19.1. The summed E-state index contributed by atoms with van der Waals surface area (Å²) in [6.45, 7) is 0.644. The molecule has 4 rings (SSSR count). The van der Waals surface area contributed by atoms with Crippen molar-refractivity contribution in [2.24, 2.45) is 0 Å². The number of rotatable bonds is 7. The Hall–Kier alpha value is -4.53. The Morgan fingerprint density at radius 2 is 1.64 bits per heavy atom. The Labute approximate surface area is 189 Å². The molecule has 8 nitrogen and oxygen atoms in total. The van der Waals surface area contributed by atoms with Crippen LogP contribution in [0, 0.1) is 5.82 Å². The van der Waals surface area contributed by atoms with E-state index < -0.39 is 0 Å². The number of nitrogens with one attached hydrogen (secondary N) is 3. The summed E-state index contributed by atoms with van der Waals surface area (Å²) in [4.78, 5) is 28.6. The molecule has 0 saturated carbocycles. The summed E-state index contributed by atoms with van der Waals surface area (Å²) in [6, 6.07) is 17.9. The number of urea groups is 1. The lowest BCUT2D eigenvalue weighted by atomic mass is 10.2. The molecule has 2 heterocycles. The zero-order valence-electron chi connectivity index (χ0n) is 17.5. The molecule has 0 fully saturated rings. The van der Waals surface area contributed by atoms with Crippen LogP contribution in [0.15, 0.2) is 85.3 Å². The van der Waals surface area contributed by atoms with E-state index in [2.05, 4.69) is 26.0 Å². The summed E-state index contributed by atoms with van der Waals surface area (Å²) >= 11 is 0. The maximum absolute atomic E-state index is 13.1. The number of carbonyl (C=O) groups excluding carboxylic acids is 2. The van der Waals surface area contributed by atoms with Gasteiger partial charge in [-0.3, -0.25) is 9.78 Å². The topological polar surface area (TPSA) is 101 Å². The van der Waals surface area contributed by atoms with E-state index in [1.165, 1.54) is 16.8 Å². The number of anilines is 1. The van der Waals surface area contributed by atoms with Gasteiger partial charge in [0.25, 0.3) is 5.91 Å². The van der Waals surface area contributed by atoms with Crippen molar-refractivity contribution in [3.8, 4) is 5.69 Å². The number of halogens is 1. The van der Waals surface area contributed by atoms with Crippen molar-refractivity contribution in [3.63, 3.8) is 0 Å². The van der Waals surface area contributed by atoms with Crippen LogP contribution in [0.3, 0.4) is 0 Å². The highest BCUT2D eigenvalue weighted by Crippen LogP contribution is 2.12. The van der Waals surface area contributed by atoms with Crippen molar-refractivity contribution in [2.75, 3.05) is 5.32 Å². The van der Waals surface area contributed by atoms with Gasteiger partial charge in [0.2, 0.25) is 0 Å². The molecule has 4 aromatic rings. The van der Waals surface area contributed by atoms with Crippen molar-refractivity contribution < 1.29 is 14.0 Å². The number of hydrogen-bond acceptors (Lipinski definition) is 4. The average Bonchev–Trinajstić information content (AvgIpc) is 3.33. The van der Waals surface area contributed by atoms with Gasteiger partial charge in [0.05, 0.1) is 5.69 Å². The van der Waals surface area contributed by atoms with E-state index in [1.807, 2.05) is 18.2 Å². The van der Waals surface area contributed by atoms with Gasteiger partial charge in [0, 0.05) is 37.4 Å². The monoisotopic (exact) mass is 444 g/mol. The fourth-order valence-electron chi connectivity index (χ4n) is 3.07. The maximum Gasteiger partial charge on any atom is 0.319 e. The Bertz CT molecular complexity index is 1240. The predicted molar refractivity (Wildman–Crippen MR) is 121 cm³/mol. The number of amides is 3. The average molecular weight is 444 g/mol. The van der Waals surface area contributed by atoms with E-state index in [9.17, 15) is 14.0 Å². The first-order valence-electron chi connectivity index (χ1n) is 10.2. The van der Waals surface area contributed by atoms with Gasteiger partial charge in [-0.2, -0.15) is 5.10 Å². The van der Waals surface area contributed by atoms with Crippen LogP contribution in [0.1, 0.15) is 21.6 Å². The maximum atomic E-state index is 13.1. The Morgan fingerprint density at radius 1 is 0.879 bits per heavy atom. The fourth-order valence-corrected chi connectivity index (χ4v) is 3.07. The first-order chi connectivity index (χ1) is 16.1. The highest BCUT2D eigenvalue weighted by molar-refractivity contribution is 5.92. The Balaban J connectivity index is 1.30. The Morgan fingerprint density at radius 3 is 2.42 bits per heavy atom. The minimum Gasteiger partial charge on any atom is -0.347 e. The molecule has 3 N–H and O–H groups in total. The van der Waals surface area contributed by atoms with Crippen LogP contribution in [0.4, 0.5) is 14.9 Å². The van der Waals surface area contributed by atoms with E-state index >= 15 is 0 Å². The second-order valence-corrected chi connectivity index (χ2v) is 7.17. The van der Waals surface area contributed by atoms with Gasteiger partial charge in [0.1, 0.15) is 5.82 Å². The molecule has 33 heavy (non-hydrogen) atoms. The first-order valence-corrected chi connectivity index (χ1v) is 10.2. The molecule has 0 spiro atoms. The third-order valence-corrected chi connectivity index (χ3v) is 4.75. The Kier molecular flexibility index (Phi) is 6.70. The quantitative estimate of drug-likeness (QED) is 0.405. The summed E-state index contributed by atoms with van der Waals surface area (Å²) in [5, 5.41) is 12.6. The van der Waals surface area contributed by atoms with Crippen LogP contribution >= 0.6 is 0 Å². The number of pyridine rings is 1. The second kappa shape index (κ2) is 10.2. The highest BCUT2D eigenvalue weighted by Gasteiger charge is 2.10. The van der Waals surface area contributed by atoms with Crippen molar-refractivity contribution in [3.05, 3.63) is 108 Å². The minimum absolute atomic E-state index is 0.240. The van der Waals surface area contributed by atoms with Crippen LogP contribution < -0.4 is 16.0 Å². The molecule has 0 aliphatic carbocycles. The number of carbonyl (C=O) groups is 2. The summed E-state index contributed by atoms with van der Waals surface area (Å²) in [7, 11) is 0. The lowest BCUT2D eigenvalue weighted by Gasteiger charge is -2.09. The van der Waals surface area contributed by atoms with Gasteiger partial charge in [-0.05, 0) is 65.7 Å². The van der Waals surface area contributed by atoms with Crippen molar-refractivity contribution in [1.29, 1.82) is 0 Å². The summed E-state index contributed by atoms with van der Waals surface area (Å²) in [6.07, 6.45) is 4.97. The molecule has 9 heteroatoms. The van der Waals surface area contributed by atoms with E-state index in [0.717, 1.165) is 11.1 Å². The number of benzene rings is 2. The predicted octanol–water partition coefficient (Wildman–Crippen LogP) is 3.66. The van der Waals surface area contributed by atoms with Gasteiger partial charge in [-0.15, -0.1) is 0 Å². The number of hydrogen-bond donors (Lipinski definition) is 3. The van der Waals surface area contributed by atoms with Gasteiger partial charge in [-0.25, -0.2) is 13.9 Å². The normalized spacial score (nSPS) is 10.5. The van der Waals surface area contributed by atoms with Crippen LogP contribution in [-0.2, 0) is 13.1 Å². The lowest BCUT2D eigenvalue weighted by molar-refractivity contribution is 0.0945. The fraction of sp³-hybridized carbons (Fsp3) is 0.0833. The SMILES string of the molecule is O=C(NCc1ccncc1)Nc1cccc(CNC(=O)c2ccn(-c3ccc(F)cc3)n2)c1. The smallest absolute Gasteiger partial charge is 0.319 e. The molecule has 2 aromatic heterocycles. The van der Waals surface area contributed by atoms with Crippen LogP contribution in [-0.4, -0.2) is 26.7 Å². The molecule has 3 amide bonds. The van der Waals surface area contributed by atoms with Crippen molar-refractivity contribution in [2.45, 2.75) is 13.1 Å². The zero-order chi connectivity index (χ0) is 23.0. The first kappa shape index (κ1) is 21.7. The molecule has 0 aliphatic rings. The number of aromatic nitrogens is 3. The summed E-state index contributed by atoms with van der Waals surface area (Å²) in [5.74, 6) is -0.684. The molecular weight excluding hydrogens is 423 g/mol. The zero-order valence-corrected chi connectivity index (χ0v) is 17.5. The summed E-state index contributed by atoms with van der Waals surface area (Å²) < 4.78 is 14.6. The standard InChI is InChI=1S/C24H21FN6O2/c25-19-4-6-21(7-5-19)31-13-10-22(30-31)23(32)27-16-18-2-1-3-20(14-18)29-24(33)28-15-17-8-11-26-12-9-17/h1-14H,15-16H2,(H,27,32)(H2,28,29,33). The molecular formula is C24H21FN6O2. The largest absolute Gasteiger partial charge is 0.347 e. The molecule has 0 radical (unpaired) electrons. The number of nitrogens with zero attached hydrogens (tertiary/aromatic N) is 3. The lowest BCUT2D eigenvalue weighted by Crippen LogP contribution is -2.28. The molecule has 0 saturated heterocycles. The third kappa shape index (κ3) is 6.01. The van der Waals surface area contributed by atoms with E-state index in [0.29, 0.717) is 17.9 Å². The van der Waals surface area contributed by atoms with Gasteiger partial charge in [-0.1, -0.05) is 12.1 Å². The van der Waals surface area contributed by atoms with E-state index in [1.54, 1.807) is 55.0 Å². The second-order valence-electron chi connectivity index (χ2n) is 7.17. The van der Waals surface area contributed by atoms with Gasteiger partial charge < -0.3 is 16.0 Å². The third-order valence-electron chi connectivity index (χ3n) is 4.75.